The van der Waals surface area contributed by atoms with Crippen molar-refractivity contribution in [1.82, 2.24) is 9.55 Å². The zero-order chi connectivity index (χ0) is 16.2. The summed E-state index contributed by atoms with van der Waals surface area (Å²) in [5, 5.41) is 8.98. The van der Waals surface area contributed by atoms with Gasteiger partial charge in [0.1, 0.15) is 5.82 Å². The van der Waals surface area contributed by atoms with Crippen molar-refractivity contribution in [1.29, 1.82) is 0 Å². The first kappa shape index (κ1) is 15.3. The van der Waals surface area contributed by atoms with Crippen LogP contribution in [0.1, 0.15) is 23.4 Å². The van der Waals surface area contributed by atoms with Crippen molar-refractivity contribution in [2.24, 2.45) is 0 Å². The van der Waals surface area contributed by atoms with Gasteiger partial charge in [-0.2, -0.15) is 0 Å². The quantitative estimate of drug-likeness (QED) is 0.757. The summed E-state index contributed by atoms with van der Waals surface area (Å²) in [6.07, 6.45) is 1.81. The number of carboxylic acid groups (broad SMARTS) is 1. The molecule has 2 aromatic carbocycles. The zero-order valence-corrected chi connectivity index (χ0v) is 13.2. The second kappa shape index (κ2) is 6.65. The van der Waals surface area contributed by atoms with Gasteiger partial charge in [-0.1, -0.05) is 42.0 Å². The van der Waals surface area contributed by atoms with E-state index in [2.05, 4.69) is 31.2 Å². The lowest BCUT2D eigenvalue weighted by Crippen LogP contribution is -2.09. The van der Waals surface area contributed by atoms with Crippen LogP contribution in [0.25, 0.3) is 11.0 Å². The molecule has 0 aliphatic carbocycles. The van der Waals surface area contributed by atoms with Crippen LogP contribution in [0.5, 0.6) is 0 Å². The van der Waals surface area contributed by atoms with E-state index in [0.29, 0.717) is 6.54 Å². The van der Waals surface area contributed by atoms with Crippen LogP contribution in [0, 0.1) is 6.92 Å². The Kier molecular flexibility index (Phi) is 4.42. The summed E-state index contributed by atoms with van der Waals surface area (Å²) in [7, 11) is 0. The predicted molar refractivity (Wildman–Crippen MR) is 90.6 cm³/mol. The van der Waals surface area contributed by atoms with Crippen LogP contribution in [0.3, 0.4) is 0 Å². The van der Waals surface area contributed by atoms with Gasteiger partial charge < -0.3 is 9.67 Å². The zero-order valence-electron chi connectivity index (χ0n) is 13.2. The molecule has 3 aromatic rings. The highest BCUT2D eigenvalue weighted by Gasteiger charge is 2.11. The molecular formula is C19H20N2O2. The average molecular weight is 308 g/mol. The maximum absolute atomic E-state index is 10.9. The number of para-hydroxylation sites is 2. The average Bonchev–Trinajstić information content (AvgIpc) is 2.90. The molecular weight excluding hydrogens is 288 g/mol. The molecule has 1 N–H and O–H groups in total. The fourth-order valence-corrected chi connectivity index (χ4v) is 2.78. The van der Waals surface area contributed by atoms with Crippen LogP contribution >= 0.6 is 0 Å². The van der Waals surface area contributed by atoms with Crippen molar-refractivity contribution in [2.75, 3.05) is 0 Å². The maximum atomic E-state index is 10.9. The third kappa shape index (κ3) is 3.59. The summed E-state index contributed by atoms with van der Waals surface area (Å²) in [6.45, 7) is 2.54. The number of hydrogen-bond acceptors (Lipinski definition) is 2. The molecule has 0 bridgehead atoms. The summed E-state index contributed by atoms with van der Waals surface area (Å²) < 4.78 is 2.04. The Bertz CT molecular complexity index is 819. The minimum Gasteiger partial charge on any atom is -0.481 e. The smallest absolute Gasteiger partial charge is 0.305 e. The molecule has 0 aliphatic rings. The predicted octanol–water partition coefficient (Wildman–Crippen LogP) is 3.60. The van der Waals surface area contributed by atoms with Crippen LogP contribution in [-0.2, 0) is 24.2 Å². The van der Waals surface area contributed by atoms with E-state index in [1.165, 1.54) is 11.1 Å². The molecule has 3 rings (SSSR count). The summed E-state index contributed by atoms with van der Waals surface area (Å²) >= 11 is 0. The SMILES string of the molecule is Cc1ccc(CCc2nc3ccccc3n2CCC(=O)O)cc1. The number of fused-ring (bicyclic) bond motifs is 1. The van der Waals surface area contributed by atoms with Crippen molar-refractivity contribution in [3.63, 3.8) is 0 Å². The van der Waals surface area contributed by atoms with Gasteiger partial charge in [-0.15, -0.1) is 0 Å². The van der Waals surface area contributed by atoms with E-state index >= 15 is 0 Å². The van der Waals surface area contributed by atoms with E-state index in [1.807, 2.05) is 28.8 Å². The first-order chi connectivity index (χ1) is 11.1. The summed E-state index contributed by atoms with van der Waals surface area (Å²) in [5.41, 5.74) is 4.46. The fourth-order valence-electron chi connectivity index (χ4n) is 2.78. The lowest BCUT2D eigenvalue weighted by molar-refractivity contribution is -0.137. The van der Waals surface area contributed by atoms with E-state index in [9.17, 15) is 4.79 Å². The van der Waals surface area contributed by atoms with Gasteiger partial charge >= 0.3 is 5.97 Å². The number of carbonyl (C=O) groups is 1. The Morgan fingerprint density at radius 1 is 1.09 bits per heavy atom. The second-order valence-corrected chi connectivity index (χ2v) is 5.80. The van der Waals surface area contributed by atoms with Crippen molar-refractivity contribution < 1.29 is 9.90 Å². The lowest BCUT2D eigenvalue weighted by atomic mass is 10.1. The number of aromatic nitrogens is 2. The topological polar surface area (TPSA) is 55.1 Å². The van der Waals surface area contributed by atoms with Crippen molar-refractivity contribution >= 4 is 17.0 Å². The standard InChI is InChI=1S/C19H20N2O2/c1-14-6-8-15(9-7-14)10-11-18-20-16-4-2-3-5-17(16)21(18)13-12-19(22)23/h2-9H,10-13H2,1H3,(H,22,23). The number of benzene rings is 2. The minimum absolute atomic E-state index is 0.109. The number of carboxylic acids is 1. The lowest BCUT2D eigenvalue weighted by Gasteiger charge is -2.08. The van der Waals surface area contributed by atoms with Crippen molar-refractivity contribution in [3.05, 3.63) is 65.5 Å². The van der Waals surface area contributed by atoms with Gasteiger partial charge in [0, 0.05) is 13.0 Å². The fraction of sp³-hybridized carbons (Fsp3) is 0.263. The van der Waals surface area contributed by atoms with E-state index in [0.717, 1.165) is 29.7 Å². The van der Waals surface area contributed by atoms with Crippen LogP contribution in [0.4, 0.5) is 0 Å². The van der Waals surface area contributed by atoms with Gasteiger partial charge in [-0.25, -0.2) is 4.98 Å². The summed E-state index contributed by atoms with van der Waals surface area (Å²) in [6, 6.07) is 16.4. The second-order valence-electron chi connectivity index (χ2n) is 5.80. The van der Waals surface area contributed by atoms with Gasteiger partial charge in [0.2, 0.25) is 0 Å². The normalized spacial score (nSPS) is 11.0. The van der Waals surface area contributed by atoms with E-state index < -0.39 is 5.97 Å². The minimum atomic E-state index is -0.785. The van der Waals surface area contributed by atoms with Gasteiger partial charge in [0.25, 0.3) is 0 Å². The third-order valence-corrected chi connectivity index (χ3v) is 4.04. The molecule has 0 fully saturated rings. The van der Waals surface area contributed by atoms with Crippen LogP contribution in [0.15, 0.2) is 48.5 Å². The highest BCUT2D eigenvalue weighted by atomic mass is 16.4. The Labute approximate surface area is 135 Å². The molecule has 0 amide bonds. The highest BCUT2D eigenvalue weighted by Crippen LogP contribution is 2.18. The maximum Gasteiger partial charge on any atom is 0.305 e. The Balaban J connectivity index is 1.84. The number of nitrogens with zero attached hydrogens (tertiary/aromatic N) is 2. The number of hydrogen-bond donors (Lipinski definition) is 1. The van der Waals surface area contributed by atoms with Crippen LogP contribution in [0.2, 0.25) is 0 Å². The van der Waals surface area contributed by atoms with E-state index in [4.69, 9.17) is 10.1 Å². The third-order valence-electron chi connectivity index (χ3n) is 4.04. The molecule has 0 saturated carbocycles. The molecule has 4 heteroatoms. The summed E-state index contributed by atoms with van der Waals surface area (Å²) in [5.74, 6) is 0.167. The van der Waals surface area contributed by atoms with Crippen molar-refractivity contribution in [3.8, 4) is 0 Å². The van der Waals surface area contributed by atoms with Gasteiger partial charge in [0.15, 0.2) is 0 Å². The first-order valence-electron chi connectivity index (χ1n) is 7.85. The van der Waals surface area contributed by atoms with Crippen LogP contribution < -0.4 is 0 Å². The molecule has 118 valence electrons. The molecule has 0 aliphatic heterocycles. The van der Waals surface area contributed by atoms with Gasteiger partial charge in [0.05, 0.1) is 17.5 Å². The number of imidazole rings is 1. The molecule has 0 saturated heterocycles. The molecule has 0 radical (unpaired) electrons. The number of rotatable bonds is 6. The molecule has 4 nitrogen and oxygen atoms in total. The number of aryl methyl sites for hydroxylation is 4. The highest BCUT2D eigenvalue weighted by molar-refractivity contribution is 5.76. The number of aliphatic carboxylic acids is 1. The van der Waals surface area contributed by atoms with E-state index in [-0.39, 0.29) is 6.42 Å². The van der Waals surface area contributed by atoms with Crippen molar-refractivity contribution in [2.45, 2.75) is 32.7 Å². The molecule has 0 unspecified atom stereocenters. The largest absolute Gasteiger partial charge is 0.481 e. The molecule has 0 spiro atoms. The Morgan fingerprint density at radius 3 is 2.57 bits per heavy atom. The van der Waals surface area contributed by atoms with Crippen LogP contribution in [-0.4, -0.2) is 20.6 Å². The van der Waals surface area contributed by atoms with E-state index in [1.54, 1.807) is 0 Å². The van der Waals surface area contributed by atoms with Gasteiger partial charge in [-0.05, 0) is 31.0 Å². The monoisotopic (exact) mass is 308 g/mol. The molecule has 1 aromatic heterocycles. The Morgan fingerprint density at radius 2 is 1.83 bits per heavy atom. The molecule has 0 atom stereocenters. The Hall–Kier alpha value is -2.62. The molecule has 23 heavy (non-hydrogen) atoms. The first-order valence-corrected chi connectivity index (χ1v) is 7.85. The molecule has 1 heterocycles. The summed E-state index contributed by atoms with van der Waals surface area (Å²) in [4.78, 5) is 15.6. The van der Waals surface area contributed by atoms with Gasteiger partial charge in [-0.3, -0.25) is 4.79 Å².